The summed E-state index contributed by atoms with van der Waals surface area (Å²) < 4.78 is 5.18. The van der Waals surface area contributed by atoms with Crippen LogP contribution in [0.5, 0.6) is 0 Å². The van der Waals surface area contributed by atoms with E-state index in [4.69, 9.17) is 4.74 Å². The molecule has 2 atom stereocenters. The highest BCUT2D eigenvalue weighted by Crippen LogP contribution is 2.38. The van der Waals surface area contributed by atoms with E-state index in [-0.39, 0.29) is 5.97 Å². The van der Waals surface area contributed by atoms with Crippen molar-refractivity contribution in [3.05, 3.63) is 23.8 Å². The Kier molecular flexibility index (Phi) is 2.71. The van der Waals surface area contributed by atoms with E-state index in [0.29, 0.717) is 24.9 Å². The van der Waals surface area contributed by atoms with Crippen molar-refractivity contribution in [2.24, 2.45) is 11.8 Å². The van der Waals surface area contributed by atoms with Gasteiger partial charge in [-0.3, -0.25) is 4.79 Å². The van der Waals surface area contributed by atoms with Gasteiger partial charge in [0, 0.05) is 12.3 Å². The summed E-state index contributed by atoms with van der Waals surface area (Å²) in [6, 6.07) is 0. The smallest absolute Gasteiger partial charge is 0.306 e. The van der Waals surface area contributed by atoms with E-state index in [0.717, 1.165) is 6.42 Å². The number of rotatable bonds is 4. The lowest BCUT2D eigenvalue weighted by molar-refractivity contribution is -0.142. The summed E-state index contributed by atoms with van der Waals surface area (Å²) in [5, 5.41) is 0. The van der Waals surface area contributed by atoms with Crippen LogP contribution in [0, 0.1) is 11.8 Å². The molecule has 14 heavy (non-hydrogen) atoms. The van der Waals surface area contributed by atoms with Crippen LogP contribution in [0.4, 0.5) is 0 Å². The highest BCUT2D eigenvalue weighted by Gasteiger charge is 2.28. The van der Waals surface area contributed by atoms with Gasteiger partial charge in [-0.15, -0.1) is 0 Å². The molecule has 2 unspecified atom stereocenters. The molecule has 0 saturated carbocycles. The van der Waals surface area contributed by atoms with Gasteiger partial charge in [-0.1, -0.05) is 25.2 Å². The maximum absolute atomic E-state index is 11.1. The molecular weight excluding hydrogens is 176 g/mol. The van der Waals surface area contributed by atoms with E-state index in [9.17, 15) is 4.79 Å². The lowest BCUT2D eigenvalue weighted by atomic mass is 10.0. The zero-order valence-electron chi connectivity index (χ0n) is 8.53. The second-order valence-corrected chi connectivity index (χ2v) is 4.04. The Morgan fingerprint density at radius 3 is 3.00 bits per heavy atom. The van der Waals surface area contributed by atoms with Crippen molar-refractivity contribution in [2.75, 3.05) is 6.61 Å². The Bertz CT molecular complexity index is 289. The predicted molar refractivity (Wildman–Crippen MR) is 54.7 cm³/mol. The standard InChI is InChI=1S/C12H16O2/c1-2-3-12(13)14-8-11-7-9-4-5-10(11)6-9/h4-5,7,9-10H,2-3,6,8H2,1H3. The minimum absolute atomic E-state index is 0.0693. The van der Waals surface area contributed by atoms with E-state index >= 15 is 0 Å². The second-order valence-electron chi connectivity index (χ2n) is 4.04. The zero-order valence-corrected chi connectivity index (χ0v) is 8.53. The van der Waals surface area contributed by atoms with Crippen LogP contribution in [0.1, 0.15) is 26.2 Å². The molecule has 0 radical (unpaired) electrons. The second kappa shape index (κ2) is 3.99. The first-order valence-electron chi connectivity index (χ1n) is 5.34. The first-order valence-corrected chi connectivity index (χ1v) is 5.34. The molecule has 2 rings (SSSR count). The van der Waals surface area contributed by atoms with Gasteiger partial charge in [0.15, 0.2) is 0 Å². The minimum atomic E-state index is -0.0693. The van der Waals surface area contributed by atoms with Crippen LogP contribution in [-0.2, 0) is 9.53 Å². The van der Waals surface area contributed by atoms with Gasteiger partial charge in [0.05, 0.1) is 0 Å². The van der Waals surface area contributed by atoms with Crippen LogP contribution in [0.3, 0.4) is 0 Å². The highest BCUT2D eigenvalue weighted by molar-refractivity contribution is 5.69. The summed E-state index contributed by atoms with van der Waals surface area (Å²) in [4.78, 5) is 11.1. The molecule has 2 heteroatoms. The molecule has 76 valence electrons. The lowest BCUT2D eigenvalue weighted by Crippen LogP contribution is -2.09. The summed E-state index contributed by atoms with van der Waals surface area (Å²) in [7, 11) is 0. The Balaban J connectivity index is 1.77. The summed E-state index contributed by atoms with van der Waals surface area (Å²) in [6.07, 6.45) is 9.31. The Morgan fingerprint density at radius 1 is 1.57 bits per heavy atom. The van der Waals surface area contributed by atoms with E-state index in [2.05, 4.69) is 18.2 Å². The molecular formula is C12H16O2. The number of allylic oxidation sites excluding steroid dienone is 3. The molecule has 0 fully saturated rings. The fraction of sp³-hybridized carbons (Fsp3) is 0.583. The fourth-order valence-corrected chi connectivity index (χ4v) is 2.12. The van der Waals surface area contributed by atoms with Crippen LogP contribution in [0.2, 0.25) is 0 Å². The molecule has 2 aliphatic carbocycles. The van der Waals surface area contributed by atoms with Gasteiger partial charge < -0.3 is 4.74 Å². The highest BCUT2D eigenvalue weighted by atomic mass is 16.5. The molecule has 0 saturated heterocycles. The number of esters is 1. The molecule has 0 spiro atoms. The monoisotopic (exact) mass is 192 g/mol. The first-order chi connectivity index (χ1) is 6.79. The number of hydrogen-bond donors (Lipinski definition) is 0. The Morgan fingerprint density at radius 2 is 2.43 bits per heavy atom. The molecule has 2 nitrogen and oxygen atoms in total. The van der Waals surface area contributed by atoms with Gasteiger partial charge in [-0.05, 0) is 24.3 Å². The van der Waals surface area contributed by atoms with E-state index in [1.165, 1.54) is 12.0 Å². The van der Waals surface area contributed by atoms with Crippen molar-refractivity contribution in [3.8, 4) is 0 Å². The summed E-state index contributed by atoms with van der Waals surface area (Å²) >= 11 is 0. The third kappa shape index (κ3) is 1.89. The number of hydrogen-bond acceptors (Lipinski definition) is 2. The van der Waals surface area contributed by atoms with Crippen LogP contribution in [0.25, 0.3) is 0 Å². The van der Waals surface area contributed by atoms with Gasteiger partial charge in [-0.2, -0.15) is 0 Å². The van der Waals surface area contributed by atoms with Gasteiger partial charge in [0.25, 0.3) is 0 Å². The van der Waals surface area contributed by atoms with Crippen molar-refractivity contribution in [2.45, 2.75) is 26.2 Å². The van der Waals surface area contributed by atoms with E-state index in [1.807, 2.05) is 6.92 Å². The number of carbonyl (C=O) groups is 1. The van der Waals surface area contributed by atoms with Crippen LogP contribution in [-0.4, -0.2) is 12.6 Å². The van der Waals surface area contributed by atoms with Crippen LogP contribution < -0.4 is 0 Å². The maximum atomic E-state index is 11.1. The van der Waals surface area contributed by atoms with Crippen molar-refractivity contribution in [1.29, 1.82) is 0 Å². The molecule has 0 aromatic heterocycles. The van der Waals surface area contributed by atoms with Crippen molar-refractivity contribution in [1.82, 2.24) is 0 Å². The van der Waals surface area contributed by atoms with Crippen molar-refractivity contribution < 1.29 is 9.53 Å². The molecule has 0 aromatic rings. The predicted octanol–water partition coefficient (Wildman–Crippen LogP) is 2.46. The Labute approximate surface area is 84.6 Å². The van der Waals surface area contributed by atoms with Gasteiger partial charge in [-0.25, -0.2) is 0 Å². The number of carbonyl (C=O) groups excluding carboxylic acids is 1. The maximum Gasteiger partial charge on any atom is 0.306 e. The SMILES string of the molecule is CCCC(=O)OCC1=CC2C=CC1C2. The van der Waals surface area contributed by atoms with Gasteiger partial charge in [0.1, 0.15) is 6.61 Å². The van der Waals surface area contributed by atoms with Crippen LogP contribution in [0.15, 0.2) is 23.8 Å². The van der Waals surface area contributed by atoms with E-state index in [1.54, 1.807) is 0 Å². The van der Waals surface area contributed by atoms with Gasteiger partial charge in [0.2, 0.25) is 0 Å². The number of fused-ring (bicyclic) bond motifs is 2. The molecule has 2 aliphatic rings. The summed E-state index contributed by atoms with van der Waals surface area (Å²) in [5.41, 5.74) is 1.29. The van der Waals surface area contributed by atoms with E-state index < -0.39 is 0 Å². The molecule has 0 amide bonds. The Hall–Kier alpha value is -1.05. The normalized spacial score (nSPS) is 27.9. The van der Waals surface area contributed by atoms with Crippen molar-refractivity contribution >= 4 is 5.97 Å². The molecule has 0 aliphatic heterocycles. The molecule has 0 N–H and O–H groups in total. The third-order valence-corrected chi connectivity index (χ3v) is 2.88. The zero-order chi connectivity index (χ0) is 9.97. The average molecular weight is 192 g/mol. The van der Waals surface area contributed by atoms with Crippen molar-refractivity contribution in [3.63, 3.8) is 0 Å². The largest absolute Gasteiger partial charge is 0.461 e. The minimum Gasteiger partial charge on any atom is -0.461 e. The molecule has 0 aromatic carbocycles. The average Bonchev–Trinajstić information content (AvgIpc) is 2.76. The quantitative estimate of drug-likeness (QED) is 0.505. The topological polar surface area (TPSA) is 26.3 Å². The number of ether oxygens (including phenoxy) is 1. The lowest BCUT2D eigenvalue weighted by Gasteiger charge is -2.10. The first kappa shape index (κ1) is 9.50. The fourth-order valence-electron chi connectivity index (χ4n) is 2.12. The van der Waals surface area contributed by atoms with Gasteiger partial charge >= 0.3 is 5.97 Å². The molecule has 2 bridgehead atoms. The third-order valence-electron chi connectivity index (χ3n) is 2.88. The summed E-state index contributed by atoms with van der Waals surface area (Å²) in [5.74, 6) is 1.09. The molecule has 0 heterocycles. The van der Waals surface area contributed by atoms with Crippen LogP contribution >= 0.6 is 0 Å². The summed E-state index contributed by atoms with van der Waals surface area (Å²) in [6.45, 7) is 2.49.